The second kappa shape index (κ2) is 26.7. The standard InChI is InChI=1S/C46H69BN4O10/c1-8-9-12-33-14-16-34(17-15-33)35-18-20-36(21-19-35)40(55)27-37(28-52)46(60)49-31(4)39(54)22-23-43(58)51(7)44(32(5)53)42(57)25-29(2)45(59)50-38(13-10-11-24-48)41(56)26-30(3)47(6)61/h14-21,29-32,37-38,44,52-53,61H,8-13,22-28,48H2,1-7H3,(H,49,60)(H,50,59)/t29-,30-,31-,32?,37-,38+,44+/m1/s1. The average Bonchev–Trinajstić information content (AvgIpc) is 3.23. The van der Waals surface area contributed by atoms with E-state index < -0.39 is 78.9 Å². The number of unbranched alkanes of at least 4 members (excludes halogenated alkanes) is 2. The topological polar surface area (TPSA) is 233 Å². The van der Waals surface area contributed by atoms with Crippen LogP contribution in [-0.4, -0.2) is 112 Å². The molecular formula is C46H69BN4O10. The molecule has 0 aliphatic rings. The Kier molecular flexibility index (Phi) is 23.0. The van der Waals surface area contributed by atoms with Crippen molar-refractivity contribution >= 4 is 47.8 Å². The van der Waals surface area contributed by atoms with Crippen LogP contribution in [0, 0.1) is 11.8 Å². The lowest BCUT2D eigenvalue weighted by atomic mass is 9.58. The van der Waals surface area contributed by atoms with Crippen LogP contribution in [0.2, 0.25) is 12.6 Å². The number of rotatable bonds is 29. The van der Waals surface area contributed by atoms with Gasteiger partial charge in [0.1, 0.15) is 6.04 Å². The minimum Gasteiger partial charge on any atom is -0.450 e. The number of aliphatic hydroxyl groups is 2. The highest BCUT2D eigenvalue weighted by Gasteiger charge is 2.34. The maximum Gasteiger partial charge on any atom is 0.289 e. The molecule has 1 unspecified atom stereocenters. The second-order valence-corrected chi connectivity index (χ2v) is 16.6. The van der Waals surface area contributed by atoms with Gasteiger partial charge in [0.05, 0.1) is 30.7 Å². The van der Waals surface area contributed by atoms with Crippen LogP contribution < -0.4 is 16.4 Å². The zero-order valence-corrected chi connectivity index (χ0v) is 37.2. The number of nitrogens with zero attached hydrogens (tertiary/aromatic N) is 1. The van der Waals surface area contributed by atoms with Gasteiger partial charge >= 0.3 is 0 Å². The molecule has 14 nitrogen and oxygen atoms in total. The highest BCUT2D eigenvalue weighted by atomic mass is 16.3. The summed E-state index contributed by atoms with van der Waals surface area (Å²) in [5.41, 5.74) is 9.19. The van der Waals surface area contributed by atoms with Crippen molar-refractivity contribution in [3.63, 3.8) is 0 Å². The van der Waals surface area contributed by atoms with Crippen molar-refractivity contribution < 1.29 is 48.8 Å². The fourth-order valence-corrected chi connectivity index (χ4v) is 6.94. The molecule has 0 saturated carbocycles. The van der Waals surface area contributed by atoms with Crippen molar-refractivity contribution in [2.24, 2.45) is 17.6 Å². The lowest BCUT2D eigenvalue weighted by molar-refractivity contribution is -0.143. The van der Waals surface area contributed by atoms with Crippen LogP contribution in [0.4, 0.5) is 0 Å². The van der Waals surface area contributed by atoms with Gasteiger partial charge in [-0.1, -0.05) is 82.5 Å². The number of carbonyl (C=O) groups is 7. The third-order valence-electron chi connectivity index (χ3n) is 11.3. The number of nitrogens with two attached hydrogens (primary N) is 1. The minimum absolute atomic E-state index is 0.0544. The largest absolute Gasteiger partial charge is 0.450 e. The number of benzene rings is 2. The summed E-state index contributed by atoms with van der Waals surface area (Å²) in [6.45, 7) is 8.82. The van der Waals surface area contributed by atoms with E-state index in [4.69, 9.17) is 5.73 Å². The van der Waals surface area contributed by atoms with Crippen LogP contribution in [0.25, 0.3) is 11.1 Å². The van der Waals surface area contributed by atoms with E-state index in [1.807, 2.05) is 24.3 Å². The van der Waals surface area contributed by atoms with Gasteiger partial charge in [-0.05, 0) is 75.0 Å². The molecule has 0 radical (unpaired) electrons. The number of ketones is 4. The molecule has 61 heavy (non-hydrogen) atoms. The lowest BCUT2D eigenvalue weighted by Crippen LogP contribution is -2.50. The fourth-order valence-electron chi connectivity index (χ4n) is 6.94. The lowest BCUT2D eigenvalue weighted by Gasteiger charge is -2.30. The fraction of sp³-hybridized carbons (Fsp3) is 0.587. The Morgan fingerprint density at radius 3 is 1.92 bits per heavy atom. The molecule has 0 fully saturated rings. The predicted molar refractivity (Wildman–Crippen MR) is 237 cm³/mol. The van der Waals surface area contributed by atoms with Gasteiger partial charge in [0.2, 0.25) is 17.7 Å². The van der Waals surface area contributed by atoms with Crippen LogP contribution in [-0.2, 0) is 35.2 Å². The Labute approximate surface area is 361 Å². The van der Waals surface area contributed by atoms with Gasteiger partial charge < -0.3 is 36.5 Å². The monoisotopic (exact) mass is 849 g/mol. The van der Waals surface area contributed by atoms with E-state index >= 15 is 0 Å². The molecule has 3 amide bonds. The first kappa shape index (κ1) is 52.6. The molecule has 0 bridgehead atoms. The van der Waals surface area contributed by atoms with Crippen molar-refractivity contribution in [3.8, 4) is 11.1 Å². The Balaban J connectivity index is 1.94. The number of nitrogens with one attached hydrogen (secondary N) is 2. The van der Waals surface area contributed by atoms with Crippen molar-refractivity contribution in [2.45, 2.75) is 142 Å². The summed E-state index contributed by atoms with van der Waals surface area (Å²) in [6.07, 6.45) is 2.29. The SMILES string of the molecule is CCCCc1ccc(-c2ccc(C(=O)C[C@H](CO)C(=O)N[C@H](C)C(=O)CCC(=O)N(C)[C@H](C(=O)C[C@@H](C)C(=O)N[C@@H](CCCCN)C(=O)C[C@@H](C)B(C)O)C(C)O)cc2)cc1. The Morgan fingerprint density at radius 2 is 1.38 bits per heavy atom. The van der Waals surface area contributed by atoms with Crippen molar-refractivity contribution in [3.05, 3.63) is 59.7 Å². The third-order valence-corrected chi connectivity index (χ3v) is 11.3. The van der Waals surface area contributed by atoms with E-state index in [1.54, 1.807) is 25.9 Å². The second-order valence-electron chi connectivity index (χ2n) is 16.6. The number of amides is 3. The molecule has 2 aromatic carbocycles. The molecule has 2 rings (SSSR count). The van der Waals surface area contributed by atoms with Crippen LogP contribution in [0.15, 0.2) is 48.5 Å². The summed E-state index contributed by atoms with van der Waals surface area (Å²) in [6, 6.07) is 12.1. The van der Waals surface area contributed by atoms with Crippen molar-refractivity contribution in [1.29, 1.82) is 0 Å². The molecule has 0 aliphatic heterocycles. The first-order valence-electron chi connectivity index (χ1n) is 21.7. The molecule has 15 heteroatoms. The zero-order valence-electron chi connectivity index (χ0n) is 37.2. The van der Waals surface area contributed by atoms with E-state index in [1.165, 1.54) is 33.4 Å². The number of Topliss-reactive ketones (excluding diaryl/α,β-unsaturated/α-hetero) is 4. The van der Waals surface area contributed by atoms with Crippen LogP contribution in [0.5, 0.6) is 0 Å². The third kappa shape index (κ3) is 17.4. The average molecular weight is 849 g/mol. The molecule has 7 atom stereocenters. The van der Waals surface area contributed by atoms with E-state index in [0.717, 1.165) is 35.3 Å². The summed E-state index contributed by atoms with van der Waals surface area (Å²) in [5, 5.41) is 35.7. The Hall–Kier alpha value is -4.57. The minimum atomic E-state index is -1.33. The van der Waals surface area contributed by atoms with Gasteiger partial charge in [-0.3, -0.25) is 33.6 Å². The molecular weight excluding hydrogens is 779 g/mol. The van der Waals surface area contributed by atoms with Crippen molar-refractivity contribution in [1.82, 2.24) is 15.5 Å². The molecule has 0 aromatic heterocycles. The molecule has 2 aromatic rings. The number of likely N-dealkylation sites (N-methyl/N-ethyl adjacent to an activating group) is 1. The van der Waals surface area contributed by atoms with Gasteiger partial charge in [-0.15, -0.1) is 0 Å². The van der Waals surface area contributed by atoms with E-state index in [2.05, 4.69) is 29.7 Å². The normalized spacial score (nSPS) is 14.7. The summed E-state index contributed by atoms with van der Waals surface area (Å²) >= 11 is 0. The molecule has 0 spiro atoms. The maximum atomic E-state index is 13.4. The number of carbonyl (C=O) groups excluding carboxylic acids is 7. The molecule has 7 N–H and O–H groups in total. The highest BCUT2D eigenvalue weighted by Crippen LogP contribution is 2.23. The number of aryl methyl sites for hydroxylation is 1. The van der Waals surface area contributed by atoms with Gasteiger partial charge in [0, 0.05) is 50.6 Å². The van der Waals surface area contributed by atoms with Gasteiger partial charge in [0.25, 0.3) is 6.92 Å². The van der Waals surface area contributed by atoms with Crippen LogP contribution in [0.3, 0.4) is 0 Å². The quantitative estimate of drug-likeness (QED) is 0.0387. The Morgan fingerprint density at radius 1 is 0.770 bits per heavy atom. The number of hydrogen-bond donors (Lipinski definition) is 6. The molecule has 336 valence electrons. The zero-order chi connectivity index (χ0) is 45.8. The number of hydrogen-bond acceptors (Lipinski definition) is 11. The number of aliphatic hydroxyl groups excluding tert-OH is 2. The molecule has 0 aliphatic carbocycles. The predicted octanol–water partition coefficient (Wildman–Crippen LogP) is 4.11. The summed E-state index contributed by atoms with van der Waals surface area (Å²) in [7, 11) is 1.32. The van der Waals surface area contributed by atoms with Crippen LogP contribution >= 0.6 is 0 Å². The molecule has 0 heterocycles. The van der Waals surface area contributed by atoms with E-state index in [-0.39, 0.29) is 49.5 Å². The first-order chi connectivity index (χ1) is 28.8. The van der Waals surface area contributed by atoms with Gasteiger partial charge in [0.15, 0.2) is 23.1 Å². The molecule has 0 saturated heterocycles. The first-order valence-corrected chi connectivity index (χ1v) is 21.7. The highest BCUT2D eigenvalue weighted by molar-refractivity contribution is 6.50. The van der Waals surface area contributed by atoms with Crippen molar-refractivity contribution in [2.75, 3.05) is 20.2 Å². The summed E-state index contributed by atoms with van der Waals surface area (Å²) < 4.78 is 0. The summed E-state index contributed by atoms with van der Waals surface area (Å²) in [4.78, 5) is 93.1. The Bertz CT molecular complexity index is 1750. The van der Waals surface area contributed by atoms with Crippen LogP contribution in [0.1, 0.15) is 115 Å². The van der Waals surface area contributed by atoms with E-state index in [0.29, 0.717) is 31.4 Å². The smallest absolute Gasteiger partial charge is 0.289 e. The van der Waals surface area contributed by atoms with Gasteiger partial charge in [-0.25, -0.2) is 0 Å². The summed E-state index contributed by atoms with van der Waals surface area (Å²) in [5.74, 6) is -5.92. The van der Waals surface area contributed by atoms with E-state index in [9.17, 15) is 48.8 Å². The van der Waals surface area contributed by atoms with Gasteiger partial charge in [-0.2, -0.15) is 0 Å². The maximum absolute atomic E-state index is 13.4.